The number of hydrogen-bond donors (Lipinski definition) is 0. The number of hydrogen-bond acceptors (Lipinski definition) is 2. The number of benzene rings is 2. The van der Waals surface area contributed by atoms with Crippen LogP contribution in [-0.4, -0.2) is 37.0 Å². The molecule has 1 aliphatic rings. The average Bonchev–Trinajstić information content (AvgIpc) is 2.60. The van der Waals surface area contributed by atoms with E-state index in [0.29, 0.717) is 23.1 Å². The summed E-state index contributed by atoms with van der Waals surface area (Å²) in [7, 11) is 0. The Hall–Kier alpha value is -1.97. The SMILES string of the molecule is O=C(/C=C/c1cc(Cl)cc(Cl)c1)N1CCN(c2ccccc2)CC1. The smallest absolute Gasteiger partial charge is 0.246 e. The lowest BCUT2D eigenvalue weighted by atomic mass is 10.2. The number of carbonyl (C=O) groups is 1. The highest BCUT2D eigenvalue weighted by atomic mass is 35.5. The largest absolute Gasteiger partial charge is 0.368 e. The molecule has 0 atom stereocenters. The molecule has 0 N–H and O–H groups in total. The molecule has 0 aromatic heterocycles. The lowest BCUT2D eigenvalue weighted by molar-refractivity contribution is -0.126. The first-order chi connectivity index (χ1) is 11.6. The van der Waals surface area contributed by atoms with Crippen LogP contribution in [0.1, 0.15) is 5.56 Å². The first kappa shape index (κ1) is 16.9. The van der Waals surface area contributed by atoms with E-state index in [1.165, 1.54) is 5.69 Å². The highest BCUT2D eigenvalue weighted by Crippen LogP contribution is 2.20. The molecule has 1 fully saturated rings. The van der Waals surface area contributed by atoms with E-state index in [-0.39, 0.29) is 5.91 Å². The van der Waals surface area contributed by atoms with E-state index < -0.39 is 0 Å². The molecule has 3 rings (SSSR count). The molecular weight excluding hydrogens is 343 g/mol. The van der Waals surface area contributed by atoms with Crippen LogP contribution in [0.15, 0.2) is 54.6 Å². The second-order valence-electron chi connectivity index (χ2n) is 5.68. The van der Waals surface area contributed by atoms with Gasteiger partial charge in [0, 0.05) is 48.0 Å². The molecule has 0 radical (unpaired) electrons. The Morgan fingerprint density at radius 3 is 2.17 bits per heavy atom. The summed E-state index contributed by atoms with van der Waals surface area (Å²) in [6.45, 7) is 3.11. The van der Waals surface area contributed by atoms with E-state index in [1.807, 2.05) is 23.1 Å². The van der Waals surface area contributed by atoms with Gasteiger partial charge in [0.05, 0.1) is 0 Å². The van der Waals surface area contributed by atoms with Crippen molar-refractivity contribution in [2.45, 2.75) is 0 Å². The maximum Gasteiger partial charge on any atom is 0.246 e. The van der Waals surface area contributed by atoms with E-state index in [1.54, 1.807) is 30.4 Å². The van der Waals surface area contributed by atoms with Gasteiger partial charge in [0.1, 0.15) is 0 Å². The zero-order chi connectivity index (χ0) is 16.9. The van der Waals surface area contributed by atoms with Gasteiger partial charge in [-0.1, -0.05) is 41.4 Å². The second-order valence-corrected chi connectivity index (χ2v) is 6.56. The van der Waals surface area contributed by atoms with Crippen LogP contribution < -0.4 is 4.90 Å². The van der Waals surface area contributed by atoms with Crippen LogP contribution in [-0.2, 0) is 4.79 Å². The number of amides is 1. The average molecular weight is 361 g/mol. The van der Waals surface area contributed by atoms with Gasteiger partial charge in [0.2, 0.25) is 5.91 Å². The Morgan fingerprint density at radius 2 is 1.54 bits per heavy atom. The van der Waals surface area contributed by atoms with Gasteiger partial charge >= 0.3 is 0 Å². The fourth-order valence-electron chi connectivity index (χ4n) is 2.77. The molecule has 0 aliphatic carbocycles. The van der Waals surface area contributed by atoms with E-state index in [2.05, 4.69) is 17.0 Å². The zero-order valence-electron chi connectivity index (χ0n) is 13.2. The summed E-state index contributed by atoms with van der Waals surface area (Å²) >= 11 is 11.9. The molecular formula is C19H18Cl2N2O. The molecule has 0 saturated carbocycles. The van der Waals surface area contributed by atoms with Crippen molar-refractivity contribution in [1.29, 1.82) is 0 Å². The molecule has 0 spiro atoms. The summed E-state index contributed by atoms with van der Waals surface area (Å²) in [5.74, 6) is 0.0128. The van der Waals surface area contributed by atoms with Crippen LogP contribution in [0, 0.1) is 0 Å². The van der Waals surface area contributed by atoms with Crippen molar-refractivity contribution in [2.75, 3.05) is 31.1 Å². The minimum Gasteiger partial charge on any atom is -0.368 e. The highest BCUT2D eigenvalue weighted by molar-refractivity contribution is 6.34. The quantitative estimate of drug-likeness (QED) is 0.759. The highest BCUT2D eigenvalue weighted by Gasteiger charge is 2.19. The number of para-hydroxylation sites is 1. The van der Waals surface area contributed by atoms with Gasteiger partial charge in [-0.05, 0) is 42.0 Å². The predicted molar refractivity (Wildman–Crippen MR) is 101 cm³/mol. The molecule has 1 amide bonds. The summed E-state index contributed by atoms with van der Waals surface area (Å²) in [5, 5.41) is 1.12. The van der Waals surface area contributed by atoms with Crippen molar-refractivity contribution in [3.8, 4) is 0 Å². The number of anilines is 1. The summed E-state index contributed by atoms with van der Waals surface area (Å²) in [6.07, 6.45) is 3.34. The van der Waals surface area contributed by atoms with Crippen molar-refractivity contribution >= 4 is 40.9 Å². The topological polar surface area (TPSA) is 23.6 Å². The standard InChI is InChI=1S/C19H18Cl2N2O/c20-16-12-15(13-17(21)14-16)6-7-19(24)23-10-8-22(9-11-23)18-4-2-1-3-5-18/h1-7,12-14H,8-11H2/b7-6+. The van der Waals surface area contributed by atoms with Gasteiger partial charge in [0.15, 0.2) is 0 Å². The third-order valence-corrected chi connectivity index (χ3v) is 4.45. The maximum atomic E-state index is 12.3. The first-order valence-corrected chi connectivity index (χ1v) is 8.60. The van der Waals surface area contributed by atoms with Crippen LogP contribution >= 0.6 is 23.2 Å². The maximum absolute atomic E-state index is 12.3. The minimum absolute atomic E-state index is 0.0128. The Balaban J connectivity index is 1.58. The van der Waals surface area contributed by atoms with Gasteiger partial charge in [-0.2, -0.15) is 0 Å². The number of halogens is 2. The van der Waals surface area contributed by atoms with Crippen molar-refractivity contribution < 1.29 is 4.79 Å². The van der Waals surface area contributed by atoms with Crippen LogP contribution in [0.3, 0.4) is 0 Å². The Kier molecular flexibility index (Phi) is 5.44. The van der Waals surface area contributed by atoms with Gasteiger partial charge in [-0.3, -0.25) is 4.79 Å². The monoisotopic (exact) mass is 360 g/mol. The van der Waals surface area contributed by atoms with Crippen LogP contribution in [0.2, 0.25) is 10.0 Å². The molecule has 0 bridgehead atoms. The van der Waals surface area contributed by atoms with Gasteiger partial charge in [-0.25, -0.2) is 0 Å². The number of piperazine rings is 1. The number of rotatable bonds is 3. The third-order valence-electron chi connectivity index (χ3n) is 4.02. The summed E-state index contributed by atoms with van der Waals surface area (Å²) in [4.78, 5) is 16.5. The number of nitrogens with zero attached hydrogens (tertiary/aromatic N) is 2. The molecule has 1 saturated heterocycles. The molecule has 1 aliphatic heterocycles. The molecule has 1 heterocycles. The summed E-state index contributed by atoms with van der Waals surface area (Å²) in [5.41, 5.74) is 2.03. The second kappa shape index (κ2) is 7.73. The van der Waals surface area contributed by atoms with Crippen molar-refractivity contribution in [2.24, 2.45) is 0 Å². The van der Waals surface area contributed by atoms with E-state index in [0.717, 1.165) is 18.7 Å². The fourth-order valence-corrected chi connectivity index (χ4v) is 3.31. The fraction of sp³-hybridized carbons (Fsp3) is 0.211. The molecule has 124 valence electrons. The summed E-state index contributed by atoms with van der Waals surface area (Å²) in [6, 6.07) is 15.5. The number of carbonyl (C=O) groups excluding carboxylic acids is 1. The van der Waals surface area contributed by atoms with Crippen molar-refractivity contribution in [3.05, 3.63) is 70.2 Å². The predicted octanol–water partition coefficient (Wildman–Crippen LogP) is 4.36. The van der Waals surface area contributed by atoms with E-state index in [4.69, 9.17) is 23.2 Å². The minimum atomic E-state index is 0.0128. The van der Waals surface area contributed by atoms with Crippen LogP contribution in [0.5, 0.6) is 0 Å². The lowest BCUT2D eigenvalue weighted by Gasteiger charge is -2.35. The first-order valence-electron chi connectivity index (χ1n) is 7.85. The summed E-state index contributed by atoms with van der Waals surface area (Å²) < 4.78 is 0. The van der Waals surface area contributed by atoms with Gasteiger partial charge in [-0.15, -0.1) is 0 Å². The Morgan fingerprint density at radius 1 is 0.917 bits per heavy atom. The van der Waals surface area contributed by atoms with Crippen molar-refractivity contribution in [1.82, 2.24) is 4.90 Å². The normalized spacial score (nSPS) is 15.1. The molecule has 24 heavy (non-hydrogen) atoms. The molecule has 5 heteroatoms. The lowest BCUT2D eigenvalue weighted by Crippen LogP contribution is -2.48. The molecule has 3 nitrogen and oxygen atoms in total. The Labute approximate surface area is 152 Å². The molecule has 2 aromatic rings. The van der Waals surface area contributed by atoms with Gasteiger partial charge in [0.25, 0.3) is 0 Å². The molecule has 2 aromatic carbocycles. The van der Waals surface area contributed by atoms with Crippen LogP contribution in [0.25, 0.3) is 6.08 Å². The Bertz CT molecular complexity index is 718. The zero-order valence-corrected chi connectivity index (χ0v) is 14.7. The molecule has 0 unspecified atom stereocenters. The van der Waals surface area contributed by atoms with Gasteiger partial charge < -0.3 is 9.80 Å². The van der Waals surface area contributed by atoms with E-state index >= 15 is 0 Å². The van der Waals surface area contributed by atoms with E-state index in [9.17, 15) is 4.79 Å². The van der Waals surface area contributed by atoms with Crippen molar-refractivity contribution in [3.63, 3.8) is 0 Å². The third kappa shape index (κ3) is 4.31. The van der Waals surface area contributed by atoms with Crippen LogP contribution in [0.4, 0.5) is 5.69 Å².